The van der Waals surface area contributed by atoms with Crippen LogP contribution in [0.4, 0.5) is 5.69 Å². The Balaban J connectivity index is 1.49. The Morgan fingerprint density at radius 3 is 2.00 bits per heavy atom. The Bertz CT molecular complexity index is 1480. The number of hydrogen-bond acceptors (Lipinski definition) is 6. The number of carbonyl (C=O) groups is 1. The highest BCUT2D eigenvalue weighted by atomic mass is 32.2. The van der Waals surface area contributed by atoms with Gasteiger partial charge in [-0.05, 0) is 53.9 Å². The first kappa shape index (κ1) is 27.7. The molecule has 202 valence electrons. The summed E-state index contributed by atoms with van der Waals surface area (Å²) in [6.07, 6.45) is 0.150. The second kappa shape index (κ2) is 12.9. The van der Waals surface area contributed by atoms with Crippen molar-refractivity contribution in [3.8, 4) is 17.2 Å². The van der Waals surface area contributed by atoms with E-state index in [1.165, 1.54) is 32.4 Å². The molecule has 0 heterocycles. The Morgan fingerprint density at radius 1 is 0.769 bits per heavy atom. The first-order valence-corrected chi connectivity index (χ1v) is 13.7. The average Bonchev–Trinajstić information content (AvgIpc) is 2.97. The molecule has 0 bridgehead atoms. The van der Waals surface area contributed by atoms with Crippen molar-refractivity contribution in [2.45, 2.75) is 24.0 Å². The van der Waals surface area contributed by atoms with Gasteiger partial charge in [-0.1, -0.05) is 60.7 Å². The number of carbonyl (C=O) groups excluding carboxylic acids is 1. The minimum absolute atomic E-state index is 0.0501. The van der Waals surface area contributed by atoms with E-state index >= 15 is 0 Å². The average molecular weight is 547 g/mol. The Hall–Kier alpha value is -4.34. The van der Waals surface area contributed by atoms with Crippen molar-refractivity contribution in [1.29, 1.82) is 0 Å². The van der Waals surface area contributed by atoms with Crippen molar-refractivity contribution in [2.24, 2.45) is 0 Å². The van der Waals surface area contributed by atoms with Gasteiger partial charge >= 0.3 is 0 Å². The molecular weight excluding hydrogens is 516 g/mol. The zero-order chi connectivity index (χ0) is 27.7. The molecule has 1 atom stereocenters. The van der Waals surface area contributed by atoms with Crippen LogP contribution in [-0.4, -0.2) is 34.6 Å². The summed E-state index contributed by atoms with van der Waals surface area (Å²) in [6.45, 7) is 0.420. The van der Waals surface area contributed by atoms with E-state index in [4.69, 9.17) is 14.2 Å². The lowest BCUT2D eigenvalue weighted by Crippen LogP contribution is -2.45. The molecule has 0 spiro atoms. The highest BCUT2D eigenvalue weighted by Gasteiger charge is 2.27. The smallest absolute Gasteiger partial charge is 0.242 e. The van der Waals surface area contributed by atoms with Gasteiger partial charge in [0, 0.05) is 11.8 Å². The fourth-order valence-electron chi connectivity index (χ4n) is 3.88. The number of benzene rings is 4. The van der Waals surface area contributed by atoms with Crippen molar-refractivity contribution in [3.05, 3.63) is 114 Å². The van der Waals surface area contributed by atoms with Crippen molar-refractivity contribution >= 4 is 21.6 Å². The van der Waals surface area contributed by atoms with Gasteiger partial charge < -0.3 is 19.5 Å². The van der Waals surface area contributed by atoms with E-state index in [-0.39, 0.29) is 17.1 Å². The predicted molar refractivity (Wildman–Crippen MR) is 150 cm³/mol. The third kappa shape index (κ3) is 7.59. The lowest BCUT2D eigenvalue weighted by atomic mass is 10.1. The van der Waals surface area contributed by atoms with Crippen molar-refractivity contribution in [1.82, 2.24) is 4.72 Å². The van der Waals surface area contributed by atoms with Crippen molar-refractivity contribution < 1.29 is 27.4 Å². The van der Waals surface area contributed by atoms with E-state index < -0.39 is 22.0 Å². The number of rotatable bonds is 12. The van der Waals surface area contributed by atoms with Gasteiger partial charge in [0.25, 0.3) is 0 Å². The van der Waals surface area contributed by atoms with E-state index in [1.54, 1.807) is 24.3 Å². The lowest BCUT2D eigenvalue weighted by molar-refractivity contribution is -0.117. The Labute approximate surface area is 228 Å². The van der Waals surface area contributed by atoms with Crippen LogP contribution in [0.2, 0.25) is 0 Å². The molecule has 39 heavy (non-hydrogen) atoms. The predicted octanol–water partition coefficient (Wildman–Crippen LogP) is 4.81. The molecule has 0 radical (unpaired) electrons. The number of nitrogens with one attached hydrogen (secondary N) is 2. The number of hydrogen-bond donors (Lipinski definition) is 2. The maximum absolute atomic E-state index is 13.3. The van der Waals surface area contributed by atoms with Gasteiger partial charge in [-0.15, -0.1) is 0 Å². The molecule has 1 amide bonds. The molecule has 9 heteroatoms. The first-order valence-electron chi connectivity index (χ1n) is 12.2. The van der Waals surface area contributed by atoms with E-state index in [0.717, 1.165) is 11.1 Å². The number of methoxy groups -OCH3 is 2. The summed E-state index contributed by atoms with van der Waals surface area (Å²) in [6, 6.07) is 29.1. The second-order valence-electron chi connectivity index (χ2n) is 8.67. The van der Waals surface area contributed by atoms with Gasteiger partial charge in [-0.2, -0.15) is 4.72 Å². The lowest BCUT2D eigenvalue weighted by Gasteiger charge is -2.19. The summed E-state index contributed by atoms with van der Waals surface area (Å²) in [5.74, 6) is 0.804. The molecule has 0 aliphatic carbocycles. The summed E-state index contributed by atoms with van der Waals surface area (Å²) in [7, 11) is -1.19. The van der Waals surface area contributed by atoms with Gasteiger partial charge in [-0.3, -0.25) is 4.79 Å². The number of anilines is 1. The van der Waals surface area contributed by atoms with Gasteiger partial charge in [-0.25, -0.2) is 8.42 Å². The summed E-state index contributed by atoms with van der Waals surface area (Å²) in [5, 5.41) is 2.81. The van der Waals surface area contributed by atoms with Gasteiger partial charge in [0.05, 0.1) is 19.1 Å². The Morgan fingerprint density at radius 2 is 1.38 bits per heavy atom. The quantitative estimate of drug-likeness (QED) is 0.264. The number of sulfonamides is 1. The summed E-state index contributed by atoms with van der Waals surface area (Å²) in [5.41, 5.74) is 2.35. The van der Waals surface area contributed by atoms with Crippen LogP contribution in [0.5, 0.6) is 17.2 Å². The third-order valence-electron chi connectivity index (χ3n) is 5.93. The van der Waals surface area contributed by atoms with E-state index in [0.29, 0.717) is 23.8 Å². The minimum atomic E-state index is -4.08. The highest BCUT2D eigenvalue weighted by molar-refractivity contribution is 7.89. The summed E-state index contributed by atoms with van der Waals surface area (Å²) < 4.78 is 45.4. The largest absolute Gasteiger partial charge is 0.493 e. The van der Waals surface area contributed by atoms with Crippen LogP contribution in [0.15, 0.2) is 108 Å². The van der Waals surface area contributed by atoms with Crippen LogP contribution < -0.4 is 24.2 Å². The zero-order valence-corrected chi connectivity index (χ0v) is 22.5. The molecular formula is C30H30N2O6S. The standard InChI is InChI=1S/C30H30N2O6S/c1-36-28-18-17-26(20-29(28)37-2)39(34,35)32-27(19-22-9-5-3-6-10-22)30(33)31-24-13-15-25(16-14-24)38-21-23-11-7-4-8-12-23/h3-18,20,27,32H,19,21H2,1-2H3,(H,31,33)/t27-/m1/s1. The third-order valence-corrected chi connectivity index (χ3v) is 7.40. The van der Waals surface area contributed by atoms with Gasteiger partial charge in [0.15, 0.2) is 11.5 Å². The SMILES string of the molecule is COc1ccc(S(=O)(=O)N[C@H](Cc2ccccc2)C(=O)Nc2ccc(OCc3ccccc3)cc2)cc1OC. The molecule has 8 nitrogen and oxygen atoms in total. The topological polar surface area (TPSA) is 103 Å². The van der Waals surface area contributed by atoms with E-state index in [1.807, 2.05) is 60.7 Å². The van der Waals surface area contributed by atoms with Crippen molar-refractivity contribution in [2.75, 3.05) is 19.5 Å². The molecule has 4 rings (SSSR count). The summed E-state index contributed by atoms with van der Waals surface area (Å²) >= 11 is 0. The van der Waals surface area contributed by atoms with Crippen LogP contribution in [0.1, 0.15) is 11.1 Å². The van der Waals surface area contributed by atoms with Crippen LogP contribution >= 0.6 is 0 Å². The Kier molecular flexibility index (Phi) is 9.19. The second-order valence-corrected chi connectivity index (χ2v) is 10.4. The zero-order valence-electron chi connectivity index (χ0n) is 21.7. The first-order chi connectivity index (χ1) is 18.9. The molecule has 4 aromatic carbocycles. The number of amides is 1. The molecule has 0 aromatic heterocycles. The van der Waals surface area contributed by atoms with Crippen LogP contribution in [0, 0.1) is 0 Å². The maximum Gasteiger partial charge on any atom is 0.242 e. The molecule has 4 aromatic rings. The molecule has 0 aliphatic heterocycles. The van der Waals surface area contributed by atoms with E-state index in [9.17, 15) is 13.2 Å². The van der Waals surface area contributed by atoms with Crippen LogP contribution in [-0.2, 0) is 27.8 Å². The fourth-order valence-corrected chi connectivity index (χ4v) is 5.09. The van der Waals surface area contributed by atoms with Crippen LogP contribution in [0.25, 0.3) is 0 Å². The maximum atomic E-state index is 13.3. The molecule has 0 saturated carbocycles. The molecule has 0 saturated heterocycles. The highest BCUT2D eigenvalue weighted by Crippen LogP contribution is 2.29. The normalized spacial score (nSPS) is 11.8. The van der Waals surface area contributed by atoms with Crippen molar-refractivity contribution in [3.63, 3.8) is 0 Å². The fraction of sp³-hybridized carbons (Fsp3) is 0.167. The molecule has 0 fully saturated rings. The van der Waals surface area contributed by atoms with E-state index in [2.05, 4.69) is 10.0 Å². The monoisotopic (exact) mass is 546 g/mol. The molecule has 2 N–H and O–H groups in total. The molecule has 0 aliphatic rings. The van der Waals surface area contributed by atoms with Gasteiger partial charge in [0.2, 0.25) is 15.9 Å². The van der Waals surface area contributed by atoms with Gasteiger partial charge in [0.1, 0.15) is 18.4 Å². The number of ether oxygens (including phenoxy) is 3. The minimum Gasteiger partial charge on any atom is -0.493 e. The van der Waals surface area contributed by atoms with Crippen LogP contribution in [0.3, 0.4) is 0 Å². The molecule has 0 unspecified atom stereocenters. The summed E-state index contributed by atoms with van der Waals surface area (Å²) in [4.78, 5) is 13.3.